The number of carbonyl (C=O) groups is 1. The van der Waals surface area contributed by atoms with Gasteiger partial charge in [-0.2, -0.15) is 0 Å². The second kappa shape index (κ2) is 5.01. The fourth-order valence-corrected chi connectivity index (χ4v) is 3.09. The summed E-state index contributed by atoms with van der Waals surface area (Å²) in [7, 11) is 0. The largest absolute Gasteiger partial charge is 0.493 e. The van der Waals surface area contributed by atoms with Gasteiger partial charge in [-0.3, -0.25) is 4.79 Å². The number of amides is 1. The lowest BCUT2D eigenvalue weighted by Crippen LogP contribution is -2.56. The minimum Gasteiger partial charge on any atom is -0.493 e. The predicted molar refractivity (Wildman–Crippen MR) is 69.4 cm³/mol. The highest BCUT2D eigenvalue weighted by Gasteiger charge is 2.43. The zero-order chi connectivity index (χ0) is 12.4. The topological polar surface area (TPSA) is 29.5 Å². The van der Waals surface area contributed by atoms with Crippen molar-refractivity contribution in [1.82, 2.24) is 4.90 Å². The average molecular weight is 245 g/mol. The van der Waals surface area contributed by atoms with E-state index in [2.05, 4.69) is 0 Å². The number of ether oxygens (including phenoxy) is 1. The van der Waals surface area contributed by atoms with Crippen LogP contribution in [0.5, 0.6) is 5.75 Å². The van der Waals surface area contributed by atoms with E-state index < -0.39 is 0 Å². The Morgan fingerprint density at radius 3 is 2.89 bits per heavy atom. The molecule has 0 unspecified atom stereocenters. The predicted octanol–water partition coefficient (Wildman–Crippen LogP) is 2.47. The Bertz CT molecular complexity index is 418. The van der Waals surface area contributed by atoms with Crippen molar-refractivity contribution >= 4 is 5.91 Å². The molecule has 96 valence electrons. The number of rotatable bonds is 4. The van der Waals surface area contributed by atoms with Gasteiger partial charge < -0.3 is 9.64 Å². The molecular weight excluding hydrogens is 226 g/mol. The Balaban J connectivity index is 1.42. The van der Waals surface area contributed by atoms with Gasteiger partial charge in [-0.15, -0.1) is 0 Å². The summed E-state index contributed by atoms with van der Waals surface area (Å²) in [5.41, 5.74) is 0. The Kier molecular flexibility index (Phi) is 3.22. The normalized spacial score (nSPS) is 25.4. The molecule has 0 bridgehead atoms. The minimum absolute atomic E-state index is 0.258. The molecule has 0 spiro atoms. The van der Waals surface area contributed by atoms with Gasteiger partial charge in [0.1, 0.15) is 5.75 Å². The van der Waals surface area contributed by atoms with Crippen molar-refractivity contribution in [1.29, 1.82) is 0 Å². The first-order valence-electron chi connectivity index (χ1n) is 6.82. The maximum absolute atomic E-state index is 12.0. The molecule has 0 aromatic heterocycles. The fraction of sp³-hybridized carbons (Fsp3) is 0.533. The van der Waals surface area contributed by atoms with Crippen LogP contribution in [0.2, 0.25) is 0 Å². The monoisotopic (exact) mass is 245 g/mol. The summed E-state index contributed by atoms with van der Waals surface area (Å²) in [6, 6.07) is 10.2. The standard InChI is InChI=1S/C15H19NO2/c17-15(16-11-12-5-4-8-14(12)16)9-10-18-13-6-2-1-3-7-13/h1-3,6-7,12,14H,4-5,8-11H2/t12-,14-/m0/s1. The number of benzene rings is 1. The van der Waals surface area contributed by atoms with Crippen LogP contribution in [0.25, 0.3) is 0 Å². The first kappa shape index (κ1) is 11.6. The number of likely N-dealkylation sites (tertiary alicyclic amines) is 1. The fourth-order valence-electron chi connectivity index (χ4n) is 3.09. The third-order valence-corrected chi connectivity index (χ3v) is 4.10. The SMILES string of the molecule is O=C(CCOc1ccccc1)N1C[C@@H]2CCC[C@@H]21. The number of carbonyl (C=O) groups excluding carboxylic acids is 1. The molecule has 2 aliphatic rings. The highest BCUT2D eigenvalue weighted by Crippen LogP contribution is 2.38. The van der Waals surface area contributed by atoms with Crippen LogP contribution in [0.4, 0.5) is 0 Å². The molecule has 3 heteroatoms. The van der Waals surface area contributed by atoms with Crippen molar-refractivity contribution in [3.8, 4) is 5.75 Å². The zero-order valence-electron chi connectivity index (χ0n) is 10.5. The average Bonchev–Trinajstić information content (AvgIpc) is 2.72. The van der Waals surface area contributed by atoms with Gasteiger partial charge in [0.15, 0.2) is 0 Å². The smallest absolute Gasteiger partial charge is 0.226 e. The molecule has 2 fully saturated rings. The Morgan fingerprint density at radius 2 is 2.11 bits per heavy atom. The van der Waals surface area contributed by atoms with Gasteiger partial charge in [-0.1, -0.05) is 24.6 Å². The van der Waals surface area contributed by atoms with E-state index >= 15 is 0 Å². The van der Waals surface area contributed by atoms with E-state index in [-0.39, 0.29) is 5.91 Å². The quantitative estimate of drug-likeness (QED) is 0.815. The molecule has 3 rings (SSSR count). The van der Waals surface area contributed by atoms with E-state index in [9.17, 15) is 4.79 Å². The summed E-state index contributed by atoms with van der Waals surface area (Å²) in [4.78, 5) is 14.1. The molecule has 18 heavy (non-hydrogen) atoms. The molecular formula is C15H19NO2. The first-order valence-corrected chi connectivity index (χ1v) is 6.82. The van der Waals surface area contributed by atoms with Crippen molar-refractivity contribution in [3.05, 3.63) is 30.3 Å². The van der Waals surface area contributed by atoms with Crippen LogP contribution in [0.3, 0.4) is 0 Å². The molecule has 1 aromatic rings. The molecule has 1 saturated heterocycles. The summed E-state index contributed by atoms with van der Waals surface area (Å²) < 4.78 is 5.56. The molecule has 1 aliphatic heterocycles. The lowest BCUT2D eigenvalue weighted by molar-refractivity contribution is -0.142. The third kappa shape index (κ3) is 2.22. The molecule has 1 heterocycles. The highest BCUT2D eigenvalue weighted by atomic mass is 16.5. The Morgan fingerprint density at radius 1 is 1.28 bits per heavy atom. The molecule has 0 N–H and O–H groups in total. The van der Waals surface area contributed by atoms with Crippen LogP contribution < -0.4 is 4.74 Å². The van der Waals surface area contributed by atoms with Crippen LogP contribution in [-0.2, 0) is 4.79 Å². The van der Waals surface area contributed by atoms with Gasteiger partial charge in [0.2, 0.25) is 5.91 Å². The summed E-state index contributed by atoms with van der Waals surface area (Å²) >= 11 is 0. The maximum atomic E-state index is 12.0. The molecule has 1 saturated carbocycles. The lowest BCUT2D eigenvalue weighted by Gasteiger charge is -2.44. The van der Waals surface area contributed by atoms with Gasteiger partial charge in [0, 0.05) is 12.6 Å². The van der Waals surface area contributed by atoms with Crippen molar-refractivity contribution in [2.24, 2.45) is 5.92 Å². The third-order valence-electron chi connectivity index (χ3n) is 4.10. The number of hydrogen-bond acceptors (Lipinski definition) is 2. The van der Waals surface area contributed by atoms with Crippen LogP contribution in [0.1, 0.15) is 25.7 Å². The molecule has 1 aromatic carbocycles. The Labute approximate surface area is 108 Å². The van der Waals surface area contributed by atoms with Crippen molar-refractivity contribution in [2.75, 3.05) is 13.2 Å². The summed E-state index contributed by atoms with van der Waals surface area (Å²) in [5.74, 6) is 1.89. The molecule has 0 radical (unpaired) electrons. The van der Waals surface area contributed by atoms with Crippen LogP contribution in [0.15, 0.2) is 30.3 Å². The molecule has 1 aliphatic carbocycles. The second-order valence-corrected chi connectivity index (χ2v) is 5.22. The molecule has 1 amide bonds. The lowest BCUT2D eigenvalue weighted by atomic mass is 9.91. The zero-order valence-corrected chi connectivity index (χ0v) is 10.5. The van der Waals surface area contributed by atoms with Crippen LogP contribution in [0, 0.1) is 5.92 Å². The Hall–Kier alpha value is -1.51. The van der Waals surface area contributed by atoms with Gasteiger partial charge in [0.25, 0.3) is 0 Å². The summed E-state index contributed by atoms with van der Waals surface area (Å²) in [5, 5.41) is 0. The van der Waals surface area contributed by atoms with Crippen LogP contribution >= 0.6 is 0 Å². The first-order chi connectivity index (χ1) is 8.84. The van der Waals surface area contributed by atoms with Gasteiger partial charge in [-0.05, 0) is 30.9 Å². The van der Waals surface area contributed by atoms with Crippen molar-refractivity contribution in [3.63, 3.8) is 0 Å². The highest BCUT2D eigenvalue weighted by molar-refractivity contribution is 5.77. The number of nitrogens with zero attached hydrogens (tertiary/aromatic N) is 1. The molecule has 2 atom stereocenters. The van der Waals surface area contributed by atoms with E-state index in [4.69, 9.17) is 4.74 Å². The van der Waals surface area contributed by atoms with E-state index in [1.165, 1.54) is 19.3 Å². The maximum Gasteiger partial charge on any atom is 0.226 e. The second-order valence-electron chi connectivity index (χ2n) is 5.22. The van der Waals surface area contributed by atoms with E-state index in [1.807, 2.05) is 35.2 Å². The number of para-hydroxylation sites is 1. The minimum atomic E-state index is 0.258. The van der Waals surface area contributed by atoms with E-state index in [0.717, 1.165) is 18.2 Å². The van der Waals surface area contributed by atoms with Gasteiger partial charge in [0.05, 0.1) is 13.0 Å². The number of fused-ring (bicyclic) bond motifs is 1. The summed E-state index contributed by atoms with van der Waals surface area (Å²) in [6.07, 6.45) is 4.31. The number of hydrogen-bond donors (Lipinski definition) is 0. The molecule has 3 nitrogen and oxygen atoms in total. The van der Waals surface area contributed by atoms with E-state index in [1.54, 1.807) is 0 Å². The van der Waals surface area contributed by atoms with Crippen molar-refractivity contribution in [2.45, 2.75) is 31.7 Å². The van der Waals surface area contributed by atoms with Gasteiger partial charge in [-0.25, -0.2) is 0 Å². The van der Waals surface area contributed by atoms with Gasteiger partial charge >= 0.3 is 0 Å². The van der Waals surface area contributed by atoms with Crippen molar-refractivity contribution < 1.29 is 9.53 Å². The summed E-state index contributed by atoms with van der Waals surface area (Å²) in [6.45, 7) is 1.46. The van der Waals surface area contributed by atoms with Crippen LogP contribution in [-0.4, -0.2) is 30.0 Å². The van der Waals surface area contributed by atoms with E-state index in [0.29, 0.717) is 19.1 Å².